The van der Waals surface area contributed by atoms with E-state index in [9.17, 15) is 19.5 Å². The van der Waals surface area contributed by atoms with Gasteiger partial charge in [0.2, 0.25) is 23.6 Å². The van der Waals surface area contributed by atoms with Crippen molar-refractivity contribution in [2.24, 2.45) is 23.7 Å². The number of amides is 4. The van der Waals surface area contributed by atoms with Gasteiger partial charge in [0, 0.05) is 17.5 Å². The van der Waals surface area contributed by atoms with E-state index in [4.69, 9.17) is 16.3 Å². The Morgan fingerprint density at radius 1 is 0.911 bits per heavy atom. The van der Waals surface area contributed by atoms with Crippen molar-refractivity contribution in [2.45, 2.75) is 38.0 Å². The number of hydrogen-bond acceptors (Lipinski definition) is 6. The third kappa shape index (κ3) is 4.11. The molecule has 9 heteroatoms. The minimum absolute atomic E-state index is 0.0412. The smallest absolute Gasteiger partial charge is 0.246 e. The molecule has 6 unspecified atom stereocenters. The zero-order chi connectivity index (χ0) is 31.6. The van der Waals surface area contributed by atoms with Crippen LogP contribution in [0.1, 0.15) is 43.7 Å². The van der Waals surface area contributed by atoms with Gasteiger partial charge in [0.1, 0.15) is 0 Å². The van der Waals surface area contributed by atoms with Crippen LogP contribution >= 0.6 is 11.6 Å². The third-order valence-electron chi connectivity index (χ3n) is 10.2. The van der Waals surface area contributed by atoms with Gasteiger partial charge in [-0.1, -0.05) is 65.7 Å². The summed E-state index contributed by atoms with van der Waals surface area (Å²) in [6.45, 7) is 4.20. The maximum Gasteiger partial charge on any atom is 0.246 e. The minimum atomic E-state index is -1.38. The van der Waals surface area contributed by atoms with Gasteiger partial charge in [-0.3, -0.25) is 24.1 Å². The van der Waals surface area contributed by atoms with E-state index in [2.05, 4.69) is 0 Å². The van der Waals surface area contributed by atoms with Crippen molar-refractivity contribution in [2.75, 3.05) is 18.1 Å². The van der Waals surface area contributed by atoms with Crippen molar-refractivity contribution >= 4 is 40.9 Å². The van der Waals surface area contributed by atoms with Crippen molar-refractivity contribution in [3.8, 4) is 11.5 Å². The van der Waals surface area contributed by atoms with Crippen LogP contribution in [-0.2, 0) is 24.6 Å². The number of benzene rings is 3. The van der Waals surface area contributed by atoms with Crippen LogP contribution in [0.4, 0.5) is 5.69 Å². The van der Waals surface area contributed by atoms with Gasteiger partial charge >= 0.3 is 0 Å². The van der Waals surface area contributed by atoms with Crippen LogP contribution in [0.15, 0.2) is 84.4 Å². The minimum Gasteiger partial charge on any atom is -0.504 e. The molecule has 4 amide bonds. The lowest BCUT2D eigenvalue weighted by molar-refractivity contribution is -0.140. The molecule has 4 aliphatic rings. The Morgan fingerprint density at radius 3 is 2.40 bits per heavy atom. The van der Waals surface area contributed by atoms with E-state index < -0.39 is 35.0 Å². The van der Waals surface area contributed by atoms with Gasteiger partial charge < -0.3 is 9.84 Å². The Kier molecular flexibility index (Phi) is 7.08. The Hall–Kier alpha value is -4.43. The summed E-state index contributed by atoms with van der Waals surface area (Å²) in [4.78, 5) is 59.6. The molecule has 3 fully saturated rings. The number of halogens is 1. The number of fused-ring (bicyclic) bond motifs is 4. The maximum absolute atomic E-state index is 15.2. The van der Waals surface area contributed by atoms with E-state index in [1.165, 1.54) is 9.80 Å². The Morgan fingerprint density at radius 2 is 1.69 bits per heavy atom. The number of carbonyl (C=O) groups excluding carboxylic acids is 4. The molecule has 6 atom stereocenters. The average Bonchev–Trinajstić information content (AvgIpc) is 3.43. The number of anilines is 1. The monoisotopic (exact) mass is 624 g/mol. The number of hydrogen-bond donors (Lipinski definition) is 1. The summed E-state index contributed by atoms with van der Waals surface area (Å²) in [7, 11) is 0. The van der Waals surface area contributed by atoms with Crippen molar-refractivity contribution < 1.29 is 29.0 Å². The molecule has 230 valence electrons. The molecule has 2 heterocycles. The van der Waals surface area contributed by atoms with Crippen molar-refractivity contribution in [1.82, 2.24) is 4.90 Å². The first-order chi connectivity index (χ1) is 21.7. The van der Waals surface area contributed by atoms with E-state index in [1.807, 2.05) is 43.3 Å². The molecule has 3 aromatic rings. The third-order valence-corrected chi connectivity index (χ3v) is 10.4. The summed E-state index contributed by atoms with van der Waals surface area (Å²) in [5.74, 6) is -4.05. The van der Waals surface area contributed by atoms with Gasteiger partial charge in [-0.25, -0.2) is 4.90 Å². The van der Waals surface area contributed by atoms with E-state index >= 15 is 4.79 Å². The van der Waals surface area contributed by atoms with Gasteiger partial charge in [-0.2, -0.15) is 0 Å². The Bertz CT molecular complexity index is 1770. The number of phenolic OH excluding ortho intramolecular Hbond substituents is 1. The van der Waals surface area contributed by atoms with Crippen LogP contribution in [0.2, 0.25) is 5.02 Å². The van der Waals surface area contributed by atoms with Crippen LogP contribution in [0.25, 0.3) is 0 Å². The van der Waals surface area contributed by atoms with E-state index in [0.29, 0.717) is 34.9 Å². The summed E-state index contributed by atoms with van der Waals surface area (Å²) in [5.41, 5.74) is 1.21. The topological polar surface area (TPSA) is 104 Å². The molecule has 2 saturated heterocycles. The predicted octanol–water partition coefficient (Wildman–Crippen LogP) is 5.63. The number of rotatable bonds is 6. The van der Waals surface area contributed by atoms with Crippen LogP contribution < -0.4 is 9.64 Å². The van der Waals surface area contributed by atoms with E-state index in [0.717, 1.165) is 5.57 Å². The molecule has 2 aliphatic carbocycles. The normalized spacial score (nSPS) is 29.0. The van der Waals surface area contributed by atoms with Gasteiger partial charge in [0.15, 0.2) is 11.5 Å². The number of imide groups is 2. The number of phenols is 1. The fourth-order valence-electron chi connectivity index (χ4n) is 8.48. The number of ether oxygens (including phenoxy) is 1. The molecular weight excluding hydrogens is 592 g/mol. The van der Waals surface area contributed by atoms with Crippen LogP contribution in [-0.4, -0.2) is 46.8 Å². The first-order valence-corrected chi connectivity index (χ1v) is 15.8. The lowest BCUT2D eigenvalue weighted by Gasteiger charge is -2.50. The molecule has 45 heavy (non-hydrogen) atoms. The highest BCUT2D eigenvalue weighted by Gasteiger charge is 2.70. The summed E-state index contributed by atoms with van der Waals surface area (Å²) < 4.78 is 5.78. The van der Waals surface area contributed by atoms with E-state index in [-0.39, 0.29) is 48.1 Å². The highest BCUT2D eigenvalue weighted by molar-refractivity contribution is 6.32. The standard InChI is InChI=1S/C36H33ClN2O6/c1-3-38-32(41)25-15-14-24-26(30(25)34(38)43)19-27-33(42)39(23-12-8-11-22(37)18-23)35(44)36(27,21-9-6-5-7-10-21)31(24)20-13-16-28(40)29(17-20)45-4-2/h5-14,16-18,25-27,30-31,40H,3-4,15,19H2,1-2H3. The van der Waals surface area contributed by atoms with Gasteiger partial charge in [0.05, 0.1) is 35.5 Å². The number of aromatic hydroxyl groups is 1. The van der Waals surface area contributed by atoms with Crippen molar-refractivity contribution in [1.29, 1.82) is 0 Å². The highest BCUT2D eigenvalue weighted by Crippen LogP contribution is 2.64. The lowest BCUT2D eigenvalue weighted by Crippen LogP contribution is -2.53. The number of carbonyl (C=O) groups is 4. The number of allylic oxidation sites excluding steroid dienone is 2. The van der Waals surface area contributed by atoms with Crippen molar-refractivity contribution in [3.63, 3.8) is 0 Å². The Balaban J connectivity index is 1.51. The number of nitrogens with zero attached hydrogens (tertiary/aromatic N) is 2. The second kappa shape index (κ2) is 10.9. The number of likely N-dealkylation sites (tertiary alicyclic amines) is 1. The molecule has 0 spiro atoms. The molecule has 7 rings (SSSR count). The fraction of sp³-hybridized carbons (Fsp3) is 0.333. The van der Waals surface area contributed by atoms with Crippen LogP contribution in [0.5, 0.6) is 11.5 Å². The molecule has 2 aliphatic heterocycles. The van der Waals surface area contributed by atoms with E-state index in [1.54, 1.807) is 49.4 Å². The first-order valence-electron chi connectivity index (χ1n) is 15.4. The van der Waals surface area contributed by atoms with Crippen molar-refractivity contribution in [3.05, 3.63) is 101 Å². The molecule has 0 aromatic heterocycles. The molecule has 0 bridgehead atoms. The molecular formula is C36H33ClN2O6. The SMILES string of the molecule is CCOc1cc(C2C3=CCC4C(=O)N(CC)C(=O)C4C3CC3C(=O)N(c4cccc(Cl)c4)C(=O)C32c2ccccc2)ccc1O. The second-order valence-electron chi connectivity index (χ2n) is 12.2. The molecule has 1 saturated carbocycles. The largest absolute Gasteiger partial charge is 0.504 e. The van der Waals surface area contributed by atoms with Gasteiger partial charge in [-0.05, 0) is 74.1 Å². The average molecular weight is 625 g/mol. The molecule has 3 aromatic carbocycles. The summed E-state index contributed by atoms with van der Waals surface area (Å²) in [6, 6.07) is 21.1. The zero-order valence-corrected chi connectivity index (χ0v) is 25.7. The van der Waals surface area contributed by atoms with Crippen LogP contribution in [0.3, 0.4) is 0 Å². The molecule has 0 radical (unpaired) electrons. The maximum atomic E-state index is 15.2. The molecule has 8 nitrogen and oxygen atoms in total. The fourth-order valence-corrected chi connectivity index (χ4v) is 8.66. The summed E-state index contributed by atoms with van der Waals surface area (Å²) in [5, 5.41) is 11.0. The Labute approximate surface area is 266 Å². The zero-order valence-electron chi connectivity index (χ0n) is 25.0. The first kappa shape index (κ1) is 29.3. The second-order valence-corrected chi connectivity index (χ2v) is 12.6. The highest BCUT2D eigenvalue weighted by atomic mass is 35.5. The predicted molar refractivity (Wildman–Crippen MR) is 168 cm³/mol. The summed E-state index contributed by atoms with van der Waals surface area (Å²) in [6.07, 6.45) is 2.61. The van der Waals surface area contributed by atoms with Gasteiger partial charge in [-0.15, -0.1) is 0 Å². The summed E-state index contributed by atoms with van der Waals surface area (Å²) >= 11 is 6.36. The quantitative estimate of drug-likeness (QED) is 0.282. The lowest BCUT2D eigenvalue weighted by atomic mass is 9.49. The van der Waals surface area contributed by atoms with Gasteiger partial charge in [0.25, 0.3) is 0 Å². The van der Waals surface area contributed by atoms with Crippen LogP contribution in [0, 0.1) is 23.7 Å². The molecule has 1 N–H and O–H groups in total.